The van der Waals surface area contributed by atoms with E-state index in [2.05, 4.69) is 0 Å². The summed E-state index contributed by atoms with van der Waals surface area (Å²) in [6.07, 6.45) is 10.5. The summed E-state index contributed by atoms with van der Waals surface area (Å²) in [6, 6.07) is 0. The minimum atomic E-state index is -0.150. The van der Waals surface area contributed by atoms with Crippen molar-refractivity contribution in [3.63, 3.8) is 0 Å². The molecule has 3 nitrogen and oxygen atoms in total. The summed E-state index contributed by atoms with van der Waals surface area (Å²) in [4.78, 5) is 0. The van der Waals surface area contributed by atoms with Gasteiger partial charge in [-0.1, -0.05) is 19.3 Å². The number of aliphatic hydroxyl groups is 1. The zero-order valence-corrected chi connectivity index (χ0v) is 11.5. The van der Waals surface area contributed by atoms with Gasteiger partial charge in [0.15, 0.2) is 0 Å². The van der Waals surface area contributed by atoms with E-state index >= 15 is 0 Å². The molecule has 1 N–H and O–H groups in total. The number of hydrogen-bond donors (Lipinski definition) is 1. The molecule has 0 amide bonds. The van der Waals surface area contributed by atoms with Crippen molar-refractivity contribution in [3.05, 3.63) is 0 Å². The standard InChI is InChI=1S/C15H28O3/c16-14(12-15-6-3-9-18-15)5-2-1-4-13-7-10-17-11-8-13/h13-16H,1-12H2. The van der Waals surface area contributed by atoms with Crippen LogP contribution in [0.1, 0.15) is 57.8 Å². The number of unbranched alkanes of at least 4 members (excludes halogenated alkanes) is 1. The first-order valence-electron chi connectivity index (χ1n) is 7.72. The van der Waals surface area contributed by atoms with Crippen LogP contribution in [0.25, 0.3) is 0 Å². The molecule has 0 aliphatic carbocycles. The maximum absolute atomic E-state index is 9.95. The molecule has 0 aromatic heterocycles. The van der Waals surface area contributed by atoms with Gasteiger partial charge in [-0.2, -0.15) is 0 Å². The highest BCUT2D eigenvalue weighted by Crippen LogP contribution is 2.23. The van der Waals surface area contributed by atoms with Crippen LogP contribution >= 0.6 is 0 Å². The minimum absolute atomic E-state index is 0.150. The van der Waals surface area contributed by atoms with E-state index in [1.807, 2.05) is 0 Å². The maximum atomic E-state index is 9.95. The van der Waals surface area contributed by atoms with E-state index in [4.69, 9.17) is 9.47 Å². The van der Waals surface area contributed by atoms with Gasteiger partial charge in [0.05, 0.1) is 12.2 Å². The fraction of sp³-hybridized carbons (Fsp3) is 1.00. The lowest BCUT2D eigenvalue weighted by Crippen LogP contribution is -2.17. The van der Waals surface area contributed by atoms with Crippen molar-refractivity contribution in [3.8, 4) is 0 Å². The third kappa shape index (κ3) is 5.25. The first-order chi connectivity index (χ1) is 8.84. The van der Waals surface area contributed by atoms with Gasteiger partial charge >= 0.3 is 0 Å². The van der Waals surface area contributed by atoms with E-state index in [0.29, 0.717) is 6.10 Å². The molecule has 106 valence electrons. The molecule has 0 aromatic carbocycles. The van der Waals surface area contributed by atoms with Crippen LogP contribution in [0.4, 0.5) is 0 Å². The molecule has 2 fully saturated rings. The Hall–Kier alpha value is -0.120. The fourth-order valence-electron chi connectivity index (χ4n) is 3.10. The Labute approximate surface area is 111 Å². The van der Waals surface area contributed by atoms with Crippen LogP contribution in [-0.4, -0.2) is 37.1 Å². The van der Waals surface area contributed by atoms with Crippen molar-refractivity contribution in [2.24, 2.45) is 5.92 Å². The van der Waals surface area contributed by atoms with Crippen LogP contribution in [0, 0.1) is 5.92 Å². The molecule has 2 unspecified atom stereocenters. The molecular formula is C15H28O3. The Balaban J connectivity index is 1.46. The van der Waals surface area contributed by atoms with Gasteiger partial charge in [-0.25, -0.2) is 0 Å². The van der Waals surface area contributed by atoms with E-state index in [1.165, 1.54) is 32.1 Å². The predicted molar refractivity (Wildman–Crippen MR) is 71.6 cm³/mol. The molecule has 0 bridgehead atoms. The molecule has 0 saturated carbocycles. The lowest BCUT2D eigenvalue weighted by molar-refractivity contribution is 0.0479. The minimum Gasteiger partial charge on any atom is -0.393 e. The molecule has 0 aromatic rings. The Bertz CT molecular complexity index is 208. The largest absolute Gasteiger partial charge is 0.393 e. The van der Waals surface area contributed by atoms with Crippen molar-refractivity contribution in [2.45, 2.75) is 70.0 Å². The highest BCUT2D eigenvalue weighted by atomic mass is 16.5. The quantitative estimate of drug-likeness (QED) is 0.712. The number of ether oxygens (including phenoxy) is 2. The van der Waals surface area contributed by atoms with Crippen LogP contribution < -0.4 is 0 Å². The van der Waals surface area contributed by atoms with Gasteiger partial charge in [0.1, 0.15) is 0 Å². The molecule has 2 rings (SSSR count). The molecule has 18 heavy (non-hydrogen) atoms. The smallest absolute Gasteiger partial charge is 0.0600 e. The highest BCUT2D eigenvalue weighted by molar-refractivity contribution is 4.70. The van der Waals surface area contributed by atoms with Gasteiger partial charge in [-0.15, -0.1) is 0 Å². The summed E-state index contributed by atoms with van der Waals surface area (Å²) >= 11 is 0. The van der Waals surface area contributed by atoms with Crippen molar-refractivity contribution in [1.29, 1.82) is 0 Å². The summed E-state index contributed by atoms with van der Waals surface area (Å²) in [5.74, 6) is 0.869. The molecule has 2 aliphatic rings. The summed E-state index contributed by atoms with van der Waals surface area (Å²) in [5, 5.41) is 9.95. The van der Waals surface area contributed by atoms with Crippen molar-refractivity contribution in [2.75, 3.05) is 19.8 Å². The second kappa shape index (κ2) is 8.13. The van der Waals surface area contributed by atoms with Gasteiger partial charge in [0.2, 0.25) is 0 Å². The van der Waals surface area contributed by atoms with Crippen LogP contribution in [0.15, 0.2) is 0 Å². The van der Waals surface area contributed by atoms with Crippen LogP contribution in [0.3, 0.4) is 0 Å². The highest BCUT2D eigenvalue weighted by Gasteiger charge is 2.19. The third-order valence-corrected chi connectivity index (χ3v) is 4.30. The van der Waals surface area contributed by atoms with Gasteiger partial charge in [-0.3, -0.25) is 0 Å². The van der Waals surface area contributed by atoms with Crippen molar-refractivity contribution in [1.82, 2.24) is 0 Å². The fourth-order valence-corrected chi connectivity index (χ4v) is 3.10. The first kappa shape index (κ1) is 14.3. The van der Waals surface area contributed by atoms with Crippen LogP contribution in [0.2, 0.25) is 0 Å². The van der Waals surface area contributed by atoms with E-state index in [9.17, 15) is 5.11 Å². The monoisotopic (exact) mass is 256 g/mol. The summed E-state index contributed by atoms with van der Waals surface area (Å²) in [5.41, 5.74) is 0. The Kier molecular flexibility index (Phi) is 6.46. The normalized spacial score (nSPS) is 27.5. The van der Waals surface area contributed by atoms with Gasteiger partial charge < -0.3 is 14.6 Å². The number of hydrogen-bond acceptors (Lipinski definition) is 3. The summed E-state index contributed by atoms with van der Waals surface area (Å²) < 4.78 is 10.9. The molecule has 2 aliphatic heterocycles. The second-order valence-corrected chi connectivity index (χ2v) is 5.86. The van der Waals surface area contributed by atoms with Gasteiger partial charge in [0.25, 0.3) is 0 Å². The topological polar surface area (TPSA) is 38.7 Å². The zero-order valence-electron chi connectivity index (χ0n) is 11.5. The van der Waals surface area contributed by atoms with Gasteiger partial charge in [-0.05, 0) is 44.4 Å². The first-order valence-corrected chi connectivity index (χ1v) is 7.72. The summed E-state index contributed by atoms with van der Waals surface area (Å²) in [6.45, 7) is 2.79. The zero-order chi connectivity index (χ0) is 12.6. The molecule has 0 spiro atoms. The number of aliphatic hydroxyl groups excluding tert-OH is 1. The molecule has 2 atom stereocenters. The predicted octanol–water partition coefficient (Wildman–Crippen LogP) is 2.90. The molecule has 2 heterocycles. The second-order valence-electron chi connectivity index (χ2n) is 5.86. The third-order valence-electron chi connectivity index (χ3n) is 4.30. The lowest BCUT2D eigenvalue weighted by Gasteiger charge is -2.22. The maximum Gasteiger partial charge on any atom is 0.0600 e. The molecule has 3 heteroatoms. The van der Waals surface area contributed by atoms with E-state index in [1.54, 1.807) is 0 Å². The van der Waals surface area contributed by atoms with Gasteiger partial charge in [0, 0.05) is 19.8 Å². The number of rotatable bonds is 7. The summed E-state index contributed by atoms with van der Waals surface area (Å²) in [7, 11) is 0. The SMILES string of the molecule is OC(CCCCC1CCOCC1)CC1CCCO1. The van der Waals surface area contributed by atoms with E-state index < -0.39 is 0 Å². The van der Waals surface area contributed by atoms with Crippen molar-refractivity contribution >= 4 is 0 Å². The lowest BCUT2D eigenvalue weighted by atomic mass is 9.93. The van der Waals surface area contributed by atoms with Crippen molar-refractivity contribution < 1.29 is 14.6 Å². The van der Waals surface area contributed by atoms with Crippen LogP contribution in [-0.2, 0) is 9.47 Å². The van der Waals surface area contributed by atoms with Crippen LogP contribution in [0.5, 0.6) is 0 Å². The Morgan fingerprint density at radius 1 is 1.06 bits per heavy atom. The van der Waals surface area contributed by atoms with E-state index in [0.717, 1.165) is 51.4 Å². The molecule has 2 saturated heterocycles. The Morgan fingerprint density at radius 2 is 1.89 bits per heavy atom. The molecular weight excluding hydrogens is 228 g/mol. The molecule has 0 radical (unpaired) electrons. The van der Waals surface area contributed by atoms with E-state index in [-0.39, 0.29) is 6.10 Å². The average molecular weight is 256 g/mol. The Morgan fingerprint density at radius 3 is 2.61 bits per heavy atom. The average Bonchev–Trinajstić information content (AvgIpc) is 2.89.